The van der Waals surface area contributed by atoms with Gasteiger partial charge in [0.2, 0.25) is 0 Å². The van der Waals surface area contributed by atoms with Crippen LogP contribution < -0.4 is 10.1 Å². The third-order valence-corrected chi connectivity index (χ3v) is 6.69. The number of hydrazone groups is 1. The molecule has 1 amide bonds. The van der Waals surface area contributed by atoms with Gasteiger partial charge in [-0.1, -0.05) is 29.8 Å². The molecule has 0 fully saturated rings. The maximum absolute atomic E-state index is 12.7. The van der Waals surface area contributed by atoms with Crippen molar-refractivity contribution in [3.05, 3.63) is 81.5 Å². The number of carbonyl (C=O) groups is 2. The van der Waals surface area contributed by atoms with Crippen LogP contribution >= 0.6 is 22.9 Å². The van der Waals surface area contributed by atoms with Crippen LogP contribution in [0.5, 0.6) is 0 Å². The average molecular weight is 492 g/mol. The molecule has 11 heteroatoms. The van der Waals surface area contributed by atoms with Gasteiger partial charge >= 0.3 is 5.97 Å². The van der Waals surface area contributed by atoms with Gasteiger partial charge in [-0.3, -0.25) is 14.3 Å². The number of rotatable bonds is 9. The molecule has 3 aromatic rings. The van der Waals surface area contributed by atoms with Gasteiger partial charge in [-0.15, -0.1) is 11.3 Å². The molecule has 1 heterocycles. The molecule has 0 unspecified atom stereocenters. The van der Waals surface area contributed by atoms with Crippen LogP contribution in [-0.4, -0.2) is 31.1 Å². The van der Waals surface area contributed by atoms with E-state index in [9.17, 15) is 18.0 Å². The molecule has 0 atom stereocenters. The van der Waals surface area contributed by atoms with E-state index in [0.717, 1.165) is 4.88 Å². The number of carbonyl (C=O) groups excluding carboxylic acids is 1. The van der Waals surface area contributed by atoms with Crippen molar-refractivity contribution in [2.45, 2.75) is 17.7 Å². The van der Waals surface area contributed by atoms with Gasteiger partial charge in [0.15, 0.2) is 0 Å². The van der Waals surface area contributed by atoms with Crippen LogP contribution in [0.4, 0.5) is 5.69 Å². The fourth-order valence-electron chi connectivity index (χ4n) is 2.66. The topological polar surface area (TPSA) is 125 Å². The van der Waals surface area contributed by atoms with Gasteiger partial charge in [-0.2, -0.15) is 5.10 Å². The number of halogens is 1. The van der Waals surface area contributed by atoms with Crippen molar-refractivity contribution in [3.63, 3.8) is 0 Å². The number of hydrogen-bond acceptors (Lipinski definition) is 6. The standard InChI is InChI=1S/C21H18ClN3O5S2/c22-15-5-2-6-16(13-15)25-32(29,30)17-7-1-4-14(12-17)21(28)24-23-18(9-10-20(26)27)19-8-3-11-31-19/h1-8,11-13,25H,9-10H2,(H,24,28)(H,26,27). The van der Waals surface area contributed by atoms with E-state index in [1.54, 1.807) is 30.3 Å². The molecule has 0 saturated heterocycles. The van der Waals surface area contributed by atoms with Crippen LogP contribution in [0.3, 0.4) is 0 Å². The lowest BCUT2D eigenvalue weighted by Crippen LogP contribution is -2.21. The van der Waals surface area contributed by atoms with Crippen molar-refractivity contribution >= 4 is 56.2 Å². The highest BCUT2D eigenvalue weighted by Crippen LogP contribution is 2.20. The number of thiophene rings is 1. The molecule has 166 valence electrons. The van der Waals surface area contributed by atoms with Gasteiger partial charge in [0.25, 0.3) is 15.9 Å². The van der Waals surface area contributed by atoms with Crippen molar-refractivity contribution < 1.29 is 23.1 Å². The van der Waals surface area contributed by atoms with Crippen molar-refractivity contribution in [2.24, 2.45) is 5.10 Å². The van der Waals surface area contributed by atoms with Crippen LogP contribution in [0.15, 0.2) is 76.0 Å². The molecule has 0 aliphatic rings. The zero-order valence-electron chi connectivity index (χ0n) is 16.5. The van der Waals surface area contributed by atoms with E-state index < -0.39 is 21.9 Å². The van der Waals surface area contributed by atoms with Crippen LogP contribution in [-0.2, 0) is 14.8 Å². The highest BCUT2D eigenvalue weighted by atomic mass is 35.5. The highest BCUT2D eigenvalue weighted by molar-refractivity contribution is 7.92. The summed E-state index contributed by atoms with van der Waals surface area (Å²) in [6, 6.07) is 15.3. The first-order valence-corrected chi connectivity index (χ1v) is 12.0. The minimum Gasteiger partial charge on any atom is -0.481 e. The number of carboxylic acid groups (broad SMARTS) is 1. The molecule has 0 aliphatic heterocycles. The Hall–Kier alpha value is -3.21. The summed E-state index contributed by atoms with van der Waals surface area (Å²) in [6.07, 6.45) is -0.0103. The van der Waals surface area contributed by atoms with E-state index in [1.165, 1.54) is 41.7 Å². The first-order chi connectivity index (χ1) is 15.2. The maximum atomic E-state index is 12.7. The number of aliphatic carboxylic acids is 1. The van der Waals surface area contributed by atoms with E-state index in [2.05, 4.69) is 15.2 Å². The van der Waals surface area contributed by atoms with Crippen molar-refractivity contribution in [1.29, 1.82) is 0 Å². The molecular weight excluding hydrogens is 474 g/mol. The first-order valence-electron chi connectivity index (χ1n) is 9.25. The molecule has 1 aromatic heterocycles. The Morgan fingerprint density at radius 2 is 1.81 bits per heavy atom. The second kappa shape index (κ2) is 10.4. The van der Waals surface area contributed by atoms with E-state index in [0.29, 0.717) is 10.7 Å². The van der Waals surface area contributed by atoms with Gasteiger partial charge in [0.05, 0.1) is 27.6 Å². The van der Waals surface area contributed by atoms with E-state index >= 15 is 0 Å². The third-order valence-electron chi connectivity index (χ3n) is 4.16. The van der Waals surface area contributed by atoms with Gasteiger partial charge in [-0.25, -0.2) is 13.8 Å². The van der Waals surface area contributed by atoms with Gasteiger partial charge < -0.3 is 5.11 Å². The van der Waals surface area contributed by atoms with Gasteiger partial charge in [-0.05, 0) is 47.8 Å². The number of amides is 1. The lowest BCUT2D eigenvalue weighted by molar-refractivity contribution is -0.136. The summed E-state index contributed by atoms with van der Waals surface area (Å²) >= 11 is 7.26. The Balaban J connectivity index is 1.78. The Bertz CT molecular complexity index is 1260. The quantitative estimate of drug-likeness (QED) is 0.305. The molecule has 2 aromatic carbocycles. The molecular formula is C21H18ClN3O5S2. The SMILES string of the molecule is O=C(O)CCC(=NNC(=O)c1cccc(S(=O)(=O)Nc2cccc(Cl)c2)c1)c1cccs1. The largest absolute Gasteiger partial charge is 0.481 e. The van der Waals surface area contributed by atoms with Crippen molar-refractivity contribution in [1.82, 2.24) is 5.43 Å². The zero-order chi connectivity index (χ0) is 23.1. The number of nitrogens with one attached hydrogen (secondary N) is 2. The Morgan fingerprint density at radius 1 is 1.03 bits per heavy atom. The Morgan fingerprint density at radius 3 is 2.50 bits per heavy atom. The van der Waals surface area contributed by atoms with Crippen molar-refractivity contribution in [2.75, 3.05) is 4.72 Å². The predicted molar refractivity (Wildman–Crippen MR) is 124 cm³/mol. The molecule has 0 spiro atoms. The minimum atomic E-state index is -3.96. The molecule has 0 aliphatic carbocycles. The number of sulfonamides is 1. The van der Waals surface area contributed by atoms with Gasteiger partial charge in [0.1, 0.15) is 0 Å². The van der Waals surface area contributed by atoms with Crippen LogP contribution in [0, 0.1) is 0 Å². The summed E-state index contributed by atoms with van der Waals surface area (Å²) in [4.78, 5) is 24.1. The summed E-state index contributed by atoms with van der Waals surface area (Å²) in [5.74, 6) is -1.61. The molecule has 8 nitrogen and oxygen atoms in total. The molecule has 0 saturated carbocycles. The molecule has 0 radical (unpaired) electrons. The lowest BCUT2D eigenvalue weighted by atomic mass is 10.2. The van der Waals surface area contributed by atoms with Crippen LogP contribution in [0.2, 0.25) is 5.02 Å². The summed E-state index contributed by atoms with van der Waals surface area (Å²) in [6.45, 7) is 0. The number of carboxylic acids is 1. The fourth-order valence-corrected chi connectivity index (χ4v) is 4.69. The van der Waals surface area contributed by atoms with Crippen LogP contribution in [0.1, 0.15) is 28.1 Å². The predicted octanol–water partition coefficient (Wildman–Crippen LogP) is 4.20. The second-order valence-corrected chi connectivity index (χ2v) is 9.58. The molecule has 3 rings (SSSR count). The average Bonchev–Trinajstić information content (AvgIpc) is 3.28. The number of anilines is 1. The summed E-state index contributed by atoms with van der Waals surface area (Å²) in [5.41, 5.74) is 3.16. The number of hydrogen-bond donors (Lipinski definition) is 3. The summed E-state index contributed by atoms with van der Waals surface area (Å²) in [5, 5.41) is 15.2. The highest BCUT2D eigenvalue weighted by Gasteiger charge is 2.17. The van der Waals surface area contributed by atoms with E-state index in [-0.39, 0.29) is 29.0 Å². The summed E-state index contributed by atoms with van der Waals surface area (Å²) in [7, 11) is -3.96. The minimum absolute atomic E-state index is 0.0754. The Labute approximate surface area is 193 Å². The third kappa shape index (κ3) is 6.39. The molecule has 32 heavy (non-hydrogen) atoms. The van der Waals surface area contributed by atoms with Gasteiger partial charge in [0, 0.05) is 17.0 Å². The number of benzene rings is 2. The number of nitrogens with zero attached hydrogens (tertiary/aromatic N) is 1. The van der Waals surface area contributed by atoms with E-state index in [1.807, 2.05) is 5.38 Å². The maximum Gasteiger partial charge on any atom is 0.303 e. The normalized spacial score (nSPS) is 11.7. The van der Waals surface area contributed by atoms with E-state index in [4.69, 9.17) is 16.7 Å². The summed E-state index contributed by atoms with van der Waals surface area (Å²) < 4.78 is 27.8. The lowest BCUT2D eigenvalue weighted by Gasteiger charge is -2.10. The van der Waals surface area contributed by atoms with Crippen LogP contribution in [0.25, 0.3) is 0 Å². The molecule has 3 N–H and O–H groups in total. The molecule has 0 bridgehead atoms. The Kier molecular flexibility index (Phi) is 7.62. The second-order valence-electron chi connectivity index (χ2n) is 6.51. The van der Waals surface area contributed by atoms with Crippen molar-refractivity contribution in [3.8, 4) is 0 Å². The zero-order valence-corrected chi connectivity index (χ0v) is 18.9. The fraction of sp³-hybridized carbons (Fsp3) is 0.0952. The monoisotopic (exact) mass is 491 g/mol. The first kappa shape index (κ1) is 23.5. The smallest absolute Gasteiger partial charge is 0.303 e.